The maximum Gasteiger partial charge on any atom is 0.251 e. The molecule has 0 aliphatic heterocycles. The molecule has 0 bridgehead atoms. The number of rotatable bonds is 5. The minimum atomic E-state index is -0.111. The molecule has 0 saturated heterocycles. The number of hydrogen-bond donors (Lipinski definition) is 4. The number of aromatic nitrogens is 3. The van der Waals surface area contributed by atoms with Crippen LogP contribution in [0.5, 0.6) is 0 Å². The fraction of sp³-hybridized carbons (Fsp3) is 0.250. The molecule has 1 amide bonds. The molecular formula is C12H16N6O. The third-order valence-corrected chi connectivity index (χ3v) is 2.75. The molecular weight excluding hydrogens is 244 g/mol. The second kappa shape index (κ2) is 5.96. The van der Waals surface area contributed by atoms with Crippen LogP contribution in [0, 0.1) is 6.92 Å². The van der Waals surface area contributed by atoms with Crippen molar-refractivity contribution in [3.05, 3.63) is 41.5 Å². The van der Waals surface area contributed by atoms with Crippen LogP contribution >= 0.6 is 0 Å². The number of aryl methyl sites for hydroxylation is 1. The van der Waals surface area contributed by atoms with E-state index in [0.29, 0.717) is 18.5 Å². The van der Waals surface area contributed by atoms with Gasteiger partial charge in [-0.2, -0.15) is 5.10 Å². The molecule has 19 heavy (non-hydrogen) atoms. The molecule has 0 atom stereocenters. The lowest BCUT2D eigenvalue weighted by molar-refractivity contribution is 0.0953. The number of nitrogens with two attached hydrogens (primary N) is 1. The number of nitrogens with one attached hydrogen (secondary N) is 3. The van der Waals surface area contributed by atoms with E-state index in [-0.39, 0.29) is 5.91 Å². The van der Waals surface area contributed by atoms with Crippen LogP contribution in [0.1, 0.15) is 21.7 Å². The van der Waals surface area contributed by atoms with Crippen LogP contribution in [0.3, 0.4) is 0 Å². The zero-order chi connectivity index (χ0) is 13.7. The molecule has 0 radical (unpaired) electrons. The highest BCUT2D eigenvalue weighted by molar-refractivity contribution is 5.96. The van der Waals surface area contributed by atoms with Gasteiger partial charge in [0.05, 0.1) is 0 Å². The van der Waals surface area contributed by atoms with Crippen molar-refractivity contribution in [2.75, 3.05) is 12.0 Å². The summed E-state index contributed by atoms with van der Waals surface area (Å²) in [7, 11) is 0. The first kappa shape index (κ1) is 13.0. The van der Waals surface area contributed by atoms with Crippen molar-refractivity contribution in [3.63, 3.8) is 0 Å². The van der Waals surface area contributed by atoms with Crippen molar-refractivity contribution in [1.29, 1.82) is 0 Å². The van der Waals surface area contributed by atoms with Crippen LogP contribution in [0.25, 0.3) is 0 Å². The Labute approximate surface area is 110 Å². The van der Waals surface area contributed by atoms with Gasteiger partial charge in [-0.15, -0.1) is 0 Å². The van der Waals surface area contributed by atoms with Crippen LogP contribution in [0.2, 0.25) is 0 Å². The quantitative estimate of drug-likeness (QED) is 0.459. The molecule has 0 aliphatic rings. The van der Waals surface area contributed by atoms with Crippen LogP contribution in [-0.4, -0.2) is 27.6 Å². The SMILES string of the molecule is Cc1cc(NN)ccc1C(=O)NCCc1ncn[nH]1. The van der Waals surface area contributed by atoms with E-state index in [2.05, 4.69) is 25.9 Å². The van der Waals surface area contributed by atoms with Gasteiger partial charge in [-0.25, -0.2) is 4.98 Å². The highest BCUT2D eigenvalue weighted by Crippen LogP contribution is 2.14. The summed E-state index contributed by atoms with van der Waals surface area (Å²) in [6, 6.07) is 5.33. The Morgan fingerprint density at radius 3 is 2.95 bits per heavy atom. The molecule has 5 N–H and O–H groups in total. The topological polar surface area (TPSA) is 109 Å². The number of anilines is 1. The Balaban J connectivity index is 1.92. The molecule has 0 aliphatic carbocycles. The standard InChI is InChI=1S/C12H16N6O/c1-8-6-9(17-13)2-3-10(8)12(19)14-5-4-11-15-7-16-18-11/h2-3,6-7,17H,4-5,13H2,1H3,(H,14,19)(H,15,16,18). The second-order valence-electron chi connectivity index (χ2n) is 4.11. The molecule has 0 spiro atoms. The molecule has 2 rings (SSSR count). The zero-order valence-corrected chi connectivity index (χ0v) is 10.6. The summed E-state index contributed by atoms with van der Waals surface area (Å²) >= 11 is 0. The lowest BCUT2D eigenvalue weighted by Gasteiger charge is -2.08. The van der Waals surface area contributed by atoms with Crippen LogP contribution in [0.4, 0.5) is 5.69 Å². The van der Waals surface area contributed by atoms with Crippen LogP contribution < -0.4 is 16.6 Å². The smallest absolute Gasteiger partial charge is 0.251 e. The molecule has 0 saturated carbocycles. The number of nitrogen functional groups attached to an aromatic ring is 1. The van der Waals surface area contributed by atoms with Gasteiger partial charge < -0.3 is 10.7 Å². The number of aromatic amines is 1. The number of amides is 1. The van der Waals surface area contributed by atoms with E-state index in [1.54, 1.807) is 12.1 Å². The summed E-state index contributed by atoms with van der Waals surface area (Å²) in [6.45, 7) is 2.37. The highest BCUT2D eigenvalue weighted by Gasteiger charge is 2.09. The molecule has 1 aromatic heterocycles. The first-order valence-electron chi connectivity index (χ1n) is 5.90. The van der Waals surface area contributed by atoms with Gasteiger partial charge in [-0.05, 0) is 30.7 Å². The minimum Gasteiger partial charge on any atom is -0.352 e. The fourth-order valence-corrected chi connectivity index (χ4v) is 1.75. The Morgan fingerprint density at radius 2 is 2.32 bits per heavy atom. The predicted molar refractivity (Wildman–Crippen MR) is 71.4 cm³/mol. The normalized spacial score (nSPS) is 10.2. The Kier molecular flexibility index (Phi) is 4.09. The maximum absolute atomic E-state index is 12.0. The lowest BCUT2D eigenvalue weighted by atomic mass is 10.1. The zero-order valence-electron chi connectivity index (χ0n) is 10.6. The third-order valence-electron chi connectivity index (χ3n) is 2.75. The van der Waals surface area contributed by atoms with Gasteiger partial charge in [0, 0.05) is 24.2 Å². The van der Waals surface area contributed by atoms with Gasteiger partial charge in [0.15, 0.2) is 0 Å². The van der Waals surface area contributed by atoms with E-state index in [4.69, 9.17) is 5.84 Å². The molecule has 7 heteroatoms. The van der Waals surface area contributed by atoms with Crippen LogP contribution in [0.15, 0.2) is 24.5 Å². The van der Waals surface area contributed by atoms with Crippen molar-refractivity contribution in [2.45, 2.75) is 13.3 Å². The molecule has 1 heterocycles. The van der Waals surface area contributed by atoms with Crippen molar-refractivity contribution in [2.24, 2.45) is 5.84 Å². The van der Waals surface area contributed by atoms with E-state index in [1.807, 2.05) is 13.0 Å². The minimum absolute atomic E-state index is 0.111. The maximum atomic E-state index is 12.0. The lowest BCUT2D eigenvalue weighted by Crippen LogP contribution is -2.26. The van der Waals surface area contributed by atoms with Crippen molar-refractivity contribution < 1.29 is 4.79 Å². The first-order chi connectivity index (χ1) is 9.20. The van der Waals surface area contributed by atoms with Gasteiger partial charge >= 0.3 is 0 Å². The molecule has 0 fully saturated rings. The Hall–Kier alpha value is -2.41. The van der Waals surface area contributed by atoms with Crippen molar-refractivity contribution >= 4 is 11.6 Å². The molecule has 1 aromatic carbocycles. The number of hydrazine groups is 1. The average Bonchev–Trinajstić information content (AvgIpc) is 2.91. The largest absolute Gasteiger partial charge is 0.352 e. The summed E-state index contributed by atoms with van der Waals surface area (Å²) in [6.07, 6.45) is 2.06. The van der Waals surface area contributed by atoms with Crippen molar-refractivity contribution in [3.8, 4) is 0 Å². The van der Waals surface area contributed by atoms with Gasteiger partial charge in [0.1, 0.15) is 12.2 Å². The molecule has 2 aromatic rings. The Bertz CT molecular complexity index is 551. The van der Waals surface area contributed by atoms with E-state index in [0.717, 1.165) is 17.1 Å². The highest BCUT2D eigenvalue weighted by atomic mass is 16.1. The molecule has 0 unspecified atom stereocenters. The number of carbonyl (C=O) groups is 1. The van der Waals surface area contributed by atoms with Gasteiger partial charge in [0.25, 0.3) is 5.91 Å². The van der Waals surface area contributed by atoms with Crippen molar-refractivity contribution in [1.82, 2.24) is 20.5 Å². The molecule has 7 nitrogen and oxygen atoms in total. The number of carbonyl (C=O) groups excluding carboxylic acids is 1. The van der Waals surface area contributed by atoms with E-state index >= 15 is 0 Å². The average molecular weight is 260 g/mol. The predicted octanol–water partition coefficient (Wildman–Crippen LogP) is 0.371. The number of benzene rings is 1. The monoisotopic (exact) mass is 260 g/mol. The summed E-state index contributed by atoms with van der Waals surface area (Å²) in [5, 5.41) is 9.32. The number of nitrogens with zero attached hydrogens (tertiary/aromatic N) is 2. The second-order valence-corrected chi connectivity index (χ2v) is 4.11. The van der Waals surface area contributed by atoms with E-state index in [1.165, 1.54) is 6.33 Å². The molecule has 100 valence electrons. The summed E-state index contributed by atoms with van der Waals surface area (Å²) in [4.78, 5) is 16.0. The summed E-state index contributed by atoms with van der Waals surface area (Å²) < 4.78 is 0. The van der Waals surface area contributed by atoms with Crippen LogP contribution in [-0.2, 0) is 6.42 Å². The first-order valence-corrected chi connectivity index (χ1v) is 5.90. The van der Waals surface area contributed by atoms with Gasteiger partial charge in [-0.3, -0.25) is 15.7 Å². The van der Waals surface area contributed by atoms with E-state index in [9.17, 15) is 4.79 Å². The number of hydrogen-bond acceptors (Lipinski definition) is 5. The Morgan fingerprint density at radius 1 is 1.47 bits per heavy atom. The summed E-state index contributed by atoms with van der Waals surface area (Å²) in [5.74, 6) is 5.95. The van der Waals surface area contributed by atoms with E-state index < -0.39 is 0 Å². The summed E-state index contributed by atoms with van der Waals surface area (Å²) in [5.41, 5.74) is 4.82. The number of H-pyrrole nitrogens is 1. The van der Waals surface area contributed by atoms with Gasteiger partial charge in [0.2, 0.25) is 0 Å². The fourth-order valence-electron chi connectivity index (χ4n) is 1.75. The van der Waals surface area contributed by atoms with Gasteiger partial charge in [-0.1, -0.05) is 0 Å². The third kappa shape index (κ3) is 3.29.